The molecule has 1 fully saturated rings. The lowest BCUT2D eigenvalue weighted by molar-refractivity contribution is -0.124. The molecule has 2 aromatic carbocycles. The van der Waals surface area contributed by atoms with Crippen LogP contribution in [0.2, 0.25) is 0 Å². The Morgan fingerprint density at radius 3 is 2.72 bits per heavy atom. The van der Waals surface area contributed by atoms with Gasteiger partial charge in [-0.05, 0) is 29.7 Å². The number of para-hydroxylation sites is 1. The van der Waals surface area contributed by atoms with E-state index in [4.69, 9.17) is 5.21 Å². The molecular formula is C20H23N3O2. The quantitative estimate of drug-likeness (QED) is 0.431. The van der Waals surface area contributed by atoms with Crippen molar-refractivity contribution in [2.75, 3.05) is 18.4 Å². The average Bonchev–Trinajstić information content (AvgIpc) is 3.08. The van der Waals surface area contributed by atoms with Crippen LogP contribution in [0.3, 0.4) is 0 Å². The number of anilines is 1. The highest BCUT2D eigenvalue weighted by atomic mass is 16.5. The Kier molecular flexibility index (Phi) is 5.82. The molecule has 1 atom stereocenters. The number of hydroxylamine groups is 1. The first-order valence-corrected chi connectivity index (χ1v) is 8.48. The van der Waals surface area contributed by atoms with Gasteiger partial charge >= 0.3 is 0 Å². The molecule has 1 amide bonds. The lowest BCUT2D eigenvalue weighted by atomic mass is 10.1. The summed E-state index contributed by atoms with van der Waals surface area (Å²) in [5.41, 5.74) is 4.86. The molecule has 2 aromatic rings. The molecule has 1 aliphatic rings. The van der Waals surface area contributed by atoms with Gasteiger partial charge in [-0.1, -0.05) is 48.5 Å². The first-order chi connectivity index (χ1) is 12.2. The Hall–Kier alpha value is -2.63. The standard InChI is InChI=1S/C20H23N3O2/c24-20(22-25)11-10-17-8-4-5-9-19(17)21-18-12-13-23(15-18)14-16-6-2-1-3-7-16/h1-11,18,21,25H,12-15H2,(H,22,24)/b11-10+. The third-order valence-corrected chi connectivity index (χ3v) is 4.37. The molecule has 3 N–H and O–H groups in total. The summed E-state index contributed by atoms with van der Waals surface area (Å²) in [4.78, 5) is 13.6. The summed E-state index contributed by atoms with van der Waals surface area (Å²) in [6.07, 6.45) is 4.10. The van der Waals surface area contributed by atoms with Crippen LogP contribution in [0.5, 0.6) is 0 Å². The zero-order valence-electron chi connectivity index (χ0n) is 14.1. The lowest BCUT2D eigenvalue weighted by Crippen LogP contribution is -2.26. The number of amides is 1. The van der Waals surface area contributed by atoms with E-state index in [-0.39, 0.29) is 0 Å². The topological polar surface area (TPSA) is 64.6 Å². The second kappa shape index (κ2) is 8.46. The van der Waals surface area contributed by atoms with Gasteiger partial charge in [0.05, 0.1) is 0 Å². The van der Waals surface area contributed by atoms with E-state index in [0.29, 0.717) is 6.04 Å². The van der Waals surface area contributed by atoms with E-state index in [1.165, 1.54) is 11.6 Å². The van der Waals surface area contributed by atoms with E-state index in [9.17, 15) is 4.79 Å². The highest BCUT2D eigenvalue weighted by molar-refractivity contribution is 5.91. The van der Waals surface area contributed by atoms with Gasteiger partial charge in [-0.15, -0.1) is 0 Å². The molecule has 3 rings (SSSR count). The first kappa shape index (κ1) is 17.2. The van der Waals surface area contributed by atoms with Crippen molar-refractivity contribution in [3.63, 3.8) is 0 Å². The molecule has 1 aliphatic heterocycles. The van der Waals surface area contributed by atoms with Crippen LogP contribution in [0.1, 0.15) is 17.5 Å². The Bertz CT molecular complexity index is 731. The van der Waals surface area contributed by atoms with Crippen LogP contribution in [0.4, 0.5) is 5.69 Å². The fourth-order valence-corrected chi connectivity index (χ4v) is 3.13. The van der Waals surface area contributed by atoms with Gasteiger partial charge in [0, 0.05) is 37.4 Å². The summed E-state index contributed by atoms with van der Waals surface area (Å²) in [6.45, 7) is 3.03. The summed E-state index contributed by atoms with van der Waals surface area (Å²) in [6, 6.07) is 18.7. The SMILES string of the molecule is O=C(/C=C/c1ccccc1NC1CCN(Cc2ccccc2)C1)NO. The number of rotatable bonds is 6. The van der Waals surface area contributed by atoms with Crippen molar-refractivity contribution in [2.45, 2.75) is 19.0 Å². The molecular weight excluding hydrogens is 314 g/mol. The maximum Gasteiger partial charge on any atom is 0.267 e. The van der Waals surface area contributed by atoms with Gasteiger partial charge in [0.1, 0.15) is 0 Å². The average molecular weight is 337 g/mol. The zero-order chi connectivity index (χ0) is 17.5. The lowest BCUT2D eigenvalue weighted by Gasteiger charge is -2.18. The second-order valence-corrected chi connectivity index (χ2v) is 6.25. The van der Waals surface area contributed by atoms with Crippen LogP contribution in [-0.4, -0.2) is 35.1 Å². The molecule has 130 valence electrons. The van der Waals surface area contributed by atoms with Crippen molar-refractivity contribution in [2.24, 2.45) is 0 Å². The number of carbonyl (C=O) groups is 1. The molecule has 1 heterocycles. The number of hydrogen-bond donors (Lipinski definition) is 3. The summed E-state index contributed by atoms with van der Waals surface area (Å²) >= 11 is 0. The second-order valence-electron chi connectivity index (χ2n) is 6.25. The van der Waals surface area contributed by atoms with Crippen LogP contribution < -0.4 is 10.8 Å². The number of nitrogens with one attached hydrogen (secondary N) is 2. The summed E-state index contributed by atoms with van der Waals surface area (Å²) in [5, 5.41) is 12.2. The fourth-order valence-electron chi connectivity index (χ4n) is 3.13. The van der Waals surface area contributed by atoms with Gasteiger partial charge in [-0.25, -0.2) is 5.48 Å². The predicted octanol–water partition coefficient (Wildman–Crippen LogP) is 2.89. The van der Waals surface area contributed by atoms with Gasteiger partial charge in [0.2, 0.25) is 0 Å². The summed E-state index contributed by atoms with van der Waals surface area (Å²) < 4.78 is 0. The van der Waals surface area contributed by atoms with Crippen LogP contribution in [0, 0.1) is 0 Å². The van der Waals surface area contributed by atoms with Crippen molar-refractivity contribution in [1.82, 2.24) is 10.4 Å². The molecule has 0 radical (unpaired) electrons. The maximum atomic E-state index is 11.2. The molecule has 5 heteroatoms. The van der Waals surface area contributed by atoms with Gasteiger partial charge in [-0.3, -0.25) is 14.9 Å². The number of benzene rings is 2. The van der Waals surface area contributed by atoms with E-state index in [2.05, 4.69) is 34.5 Å². The minimum absolute atomic E-state index is 0.380. The van der Waals surface area contributed by atoms with Crippen LogP contribution >= 0.6 is 0 Å². The van der Waals surface area contributed by atoms with Gasteiger partial charge in [0.25, 0.3) is 5.91 Å². The monoisotopic (exact) mass is 337 g/mol. The molecule has 0 aromatic heterocycles. The third kappa shape index (κ3) is 4.92. The summed E-state index contributed by atoms with van der Waals surface area (Å²) in [7, 11) is 0. The molecule has 5 nitrogen and oxygen atoms in total. The van der Waals surface area contributed by atoms with E-state index in [0.717, 1.165) is 37.3 Å². The number of carbonyl (C=O) groups excluding carboxylic acids is 1. The Labute approximate surface area is 147 Å². The number of nitrogens with zero attached hydrogens (tertiary/aromatic N) is 1. The highest BCUT2D eigenvalue weighted by Gasteiger charge is 2.22. The van der Waals surface area contributed by atoms with Crippen LogP contribution in [0.15, 0.2) is 60.7 Å². The van der Waals surface area contributed by atoms with Crippen molar-refractivity contribution >= 4 is 17.7 Å². The molecule has 0 aliphatic carbocycles. The minimum Gasteiger partial charge on any atom is -0.380 e. The molecule has 0 saturated carbocycles. The molecule has 1 saturated heterocycles. The first-order valence-electron chi connectivity index (χ1n) is 8.48. The molecule has 25 heavy (non-hydrogen) atoms. The van der Waals surface area contributed by atoms with Crippen LogP contribution in [-0.2, 0) is 11.3 Å². The van der Waals surface area contributed by atoms with Crippen molar-refractivity contribution in [3.05, 3.63) is 71.8 Å². The van der Waals surface area contributed by atoms with E-state index in [1.807, 2.05) is 30.3 Å². The highest BCUT2D eigenvalue weighted by Crippen LogP contribution is 2.22. The van der Waals surface area contributed by atoms with Crippen molar-refractivity contribution in [1.29, 1.82) is 0 Å². The van der Waals surface area contributed by atoms with Crippen LogP contribution in [0.25, 0.3) is 6.08 Å². The Morgan fingerprint density at radius 2 is 1.92 bits per heavy atom. The number of likely N-dealkylation sites (tertiary alicyclic amines) is 1. The zero-order valence-corrected chi connectivity index (χ0v) is 14.1. The fraction of sp³-hybridized carbons (Fsp3) is 0.250. The molecule has 0 spiro atoms. The van der Waals surface area contributed by atoms with Gasteiger partial charge < -0.3 is 5.32 Å². The number of hydrogen-bond acceptors (Lipinski definition) is 4. The van der Waals surface area contributed by atoms with E-state index >= 15 is 0 Å². The van der Waals surface area contributed by atoms with Crippen molar-refractivity contribution < 1.29 is 10.0 Å². The maximum absolute atomic E-state index is 11.2. The van der Waals surface area contributed by atoms with Gasteiger partial charge in [-0.2, -0.15) is 0 Å². The smallest absolute Gasteiger partial charge is 0.267 e. The largest absolute Gasteiger partial charge is 0.380 e. The Morgan fingerprint density at radius 1 is 1.16 bits per heavy atom. The third-order valence-electron chi connectivity index (χ3n) is 4.37. The predicted molar refractivity (Wildman–Crippen MR) is 99.2 cm³/mol. The molecule has 1 unspecified atom stereocenters. The Balaban J connectivity index is 1.60. The minimum atomic E-state index is -0.537. The van der Waals surface area contributed by atoms with Gasteiger partial charge in [0.15, 0.2) is 0 Å². The summed E-state index contributed by atoms with van der Waals surface area (Å²) in [5.74, 6) is -0.537. The van der Waals surface area contributed by atoms with E-state index in [1.54, 1.807) is 11.6 Å². The van der Waals surface area contributed by atoms with E-state index < -0.39 is 5.91 Å². The molecule has 0 bridgehead atoms. The normalized spacial score (nSPS) is 17.7. The van der Waals surface area contributed by atoms with Crippen molar-refractivity contribution in [3.8, 4) is 0 Å².